The van der Waals surface area contributed by atoms with E-state index in [1.807, 2.05) is 27.7 Å². The number of ether oxygens (including phenoxy) is 4. The maximum Gasteiger partial charge on any atom is 0.338 e. The summed E-state index contributed by atoms with van der Waals surface area (Å²) < 4.78 is 22.3. The molecule has 0 saturated heterocycles. The number of esters is 4. The number of hydrogen-bond acceptors (Lipinski definition) is 8. The predicted molar refractivity (Wildman–Crippen MR) is 171 cm³/mol. The van der Waals surface area contributed by atoms with Gasteiger partial charge in [0.15, 0.2) is 0 Å². The maximum absolute atomic E-state index is 13.4. The predicted octanol–water partition coefficient (Wildman–Crippen LogP) is 8.41. The highest BCUT2D eigenvalue weighted by Gasteiger charge is 2.27. The van der Waals surface area contributed by atoms with Gasteiger partial charge in [0.25, 0.3) is 0 Å². The van der Waals surface area contributed by atoms with Gasteiger partial charge in [0, 0.05) is 0 Å². The van der Waals surface area contributed by atoms with Crippen LogP contribution in [-0.2, 0) is 18.9 Å². The molecule has 0 radical (unpaired) electrons. The van der Waals surface area contributed by atoms with Gasteiger partial charge in [0.05, 0.1) is 48.7 Å². The third kappa shape index (κ3) is 6.95. The highest BCUT2D eigenvalue weighted by molar-refractivity contribution is 6.32. The van der Waals surface area contributed by atoms with Crippen LogP contribution in [0.4, 0.5) is 0 Å². The van der Waals surface area contributed by atoms with Crippen molar-refractivity contribution >= 4 is 56.2 Å². The molecule has 0 aliphatic rings. The van der Waals surface area contributed by atoms with E-state index in [0.29, 0.717) is 58.0 Å². The van der Waals surface area contributed by atoms with Crippen molar-refractivity contribution in [2.75, 3.05) is 26.4 Å². The van der Waals surface area contributed by atoms with Gasteiger partial charge in [0.1, 0.15) is 0 Å². The van der Waals surface area contributed by atoms with Gasteiger partial charge in [-0.25, -0.2) is 19.2 Å². The molecule has 4 rings (SSSR count). The van der Waals surface area contributed by atoms with E-state index in [9.17, 15) is 19.2 Å². The van der Waals surface area contributed by atoms with Gasteiger partial charge in [-0.15, -0.1) is 0 Å². The van der Waals surface area contributed by atoms with Crippen molar-refractivity contribution in [3.63, 3.8) is 0 Å². The van der Waals surface area contributed by atoms with E-state index in [1.54, 1.807) is 24.3 Å². The molecule has 0 fully saturated rings. The number of benzene rings is 4. The molecular formula is C36H42O8. The minimum Gasteiger partial charge on any atom is -0.462 e. The van der Waals surface area contributed by atoms with Gasteiger partial charge in [-0.3, -0.25) is 0 Å². The third-order valence-electron chi connectivity index (χ3n) is 7.70. The van der Waals surface area contributed by atoms with Crippen molar-refractivity contribution in [1.82, 2.24) is 0 Å². The fourth-order valence-electron chi connectivity index (χ4n) is 5.22. The lowest BCUT2D eigenvalue weighted by atomic mass is 9.86. The topological polar surface area (TPSA) is 105 Å². The molecule has 8 nitrogen and oxygen atoms in total. The summed E-state index contributed by atoms with van der Waals surface area (Å²) in [6, 6.07) is 10.1. The second-order valence-electron chi connectivity index (χ2n) is 11.0. The summed E-state index contributed by atoms with van der Waals surface area (Å²) in [6.07, 6.45) is 6.24. The molecule has 0 N–H and O–H groups in total. The first-order valence-electron chi connectivity index (χ1n) is 15.8. The number of rotatable bonds is 16. The molecule has 0 unspecified atom stereocenters. The molecule has 0 aliphatic heterocycles. The first-order valence-corrected chi connectivity index (χ1v) is 15.8. The molecular weight excluding hydrogens is 560 g/mol. The van der Waals surface area contributed by atoms with E-state index in [0.717, 1.165) is 25.7 Å². The Kier molecular flexibility index (Phi) is 11.5. The second-order valence-corrected chi connectivity index (χ2v) is 11.0. The molecule has 0 heterocycles. The molecule has 234 valence electrons. The zero-order valence-electron chi connectivity index (χ0n) is 26.2. The zero-order valence-corrected chi connectivity index (χ0v) is 26.2. The van der Waals surface area contributed by atoms with Crippen LogP contribution in [0.25, 0.3) is 32.3 Å². The SMILES string of the molecule is CCCCOC(=O)c1cc(C(=O)OCCCC)c2ccc3c(C(=O)OCCCC)cc(C(=O)OCCCC)c4ccc1c2c43. The Morgan fingerprint density at radius 2 is 0.659 bits per heavy atom. The van der Waals surface area contributed by atoms with Crippen molar-refractivity contribution in [2.45, 2.75) is 79.1 Å². The average molecular weight is 603 g/mol. The molecule has 0 aromatic heterocycles. The van der Waals surface area contributed by atoms with Gasteiger partial charge in [-0.2, -0.15) is 0 Å². The van der Waals surface area contributed by atoms with Crippen molar-refractivity contribution in [3.05, 3.63) is 58.7 Å². The fraction of sp³-hybridized carbons (Fsp3) is 0.444. The molecule has 44 heavy (non-hydrogen) atoms. The third-order valence-corrected chi connectivity index (χ3v) is 7.70. The minimum atomic E-state index is -0.558. The highest BCUT2D eigenvalue weighted by Crippen LogP contribution is 2.41. The highest BCUT2D eigenvalue weighted by atomic mass is 16.5. The van der Waals surface area contributed by atoms with E-state index in [-0.39, 0.29) is 48.7 Å². The quantitative estimate of drug-likeness (QED) is 0.0545. The van der Waals surface area contributed by atoms with E-state index in [2.05, 4.69) is 0 Å². The lowest BCUT2D eigenvalue weighted by molar-refractivity contribution is 0.0482. The van der Waals surface area contributed by atoms with Crippen LogP contribution < -0.4 is 0 Å². The zero-order chi connectivity index (χ0) is 31.6. The lowest BCUT2D eigenvalue weighted by Crippen LogP contribution is -2.14. The average Bonchev–Trinajstić information content (AvgIpc) is 3.03. The molecule has 0 bridgehead atoms. The van der Waals surface area contributed by atoms with Gasteiger partial charge in [-0.05, 0) is 70.1 Å². The molecule has 0 aliphatic carbocycles. The fourth-order valence-corrected chi connectivity index (χ4v) is 5.22. The van der Waals surface area contributed by atoms with Crippen LogP contribution in [0.5, 0.6) is 0 Å². The van der Waals surface area contributed by atoms with E-state index >= 15 is 0 Å². The molecule has 0 atom stereocenters. The Hall–Kier alpha value is -4.20. The number of unbranched alkanes of at least 4 members (excludes halogenated alkanes) is 4. The Labute approximate surface area is 258 Å². The largest absolute Gasteiger partial charge is 0.462 e. The summed E-state index contributed by atoms with van der Waals surface area (Å²) in [5.41, 5.74) is 0.865. The molecule has 0 saturated carbocycles. The van der Waals surface area contributed by atoms with Crippen molar-refractivity contribution < 1.29 is 38.1 Å². The van der Waals surface area contributed by atoms with E-state index in [1.165, 1.54) is 12.1 Å². The van der Waals surface area contributed by atoms with Crippen LogP contribution >= 0.6 is 0 Å². The molecule has 0 spiro atoms. The molecule has 8 heteroatoms. The summed E-state index contributed by atoms with van der Waals surface area (Å²) in [5.74, 6) is -2.23. The first kappa shape index (κ1) is 32.7. The summed E-state index contributed by atoms with van der Waals surface area (Å²) in [5, 5.41) is 3.33. The Balaban J connectivity index is 2.03. The normalized spacial score (nSPS) is 11.3. The van der Waals surface area contributed by atoms with Crippen LogP contribution in [0.3, 0.4) is 0 Å². The first-order chi connectivity index (χ1) is 21.4. The monoisotopic (exact) mass is 602 g/mol. The van der Waals surface area contributed by atoms with Gasteiger partial charge in [0.2, 0.25) is 0 Å². The van der Waals surface area contributed by atoms with Crippen molar-refractivity contribution in [2.24, 2.45) is 0 Å². The number of hydrogen-bond donors (Lipinski definition) is 0. The Morgan fingerprint density at radius 3 is 0.864 bits per heavy atom. The van der Waals surface area contributed by atoms with Crippen LogP contribution in [0.1, 0.15) is 120 Å². The Morgan fingerprint density at radius 1 is 0.432 bits per heavy atom. The van der Waals surface area contributed by atoms with Gasteiger partial charge in [-0.1, -0.05) is 77.6 Å². The smallest absolute Gasteiger partial charge is 0.338 e. The molecule has 4 aromatic carbocycles. The van der Waals surface area contributed by atoms with Crippen LogP contribution in [0.15, 0.2) is 36.4 Å². The van der Waals surface area contributed by atoms with Gasteiger partial charge >= 0.3 is 23.9 Å². The molecule has 4 aromatic rings. The Bertz CT molecular complexity index is 1400. The second kappa shape index (κ2) is 15.5. The van der Waals surface area contributed by atoms with Crippen LogP contribution in [0, 0.1) is 0 Å². The maximum atomic E-state index is 13.4. The van der Waals surface area contributed by atoms with E-state index in [4.69, 9.17) is 18.9 Å². The van der Waals surface area contributed by atoms with Crippen molar-refractivity contribution in [1.29, 1.82) is 0 Å². The van der Waals surface area contributed by atoms with Crippen LogP contribution in [-0.4, -0.2) is 50.3 Å². The van der Waals surface area contributed by atoms with Crippen molar-refractivity contribution in [3.8, 4) is 0 Å². The summed E-state index contributed by atoms with van der Waals surface area (Å²) in [6.45, 7) is 9.00. The lowest BCUT2D eigenvalue weighted by Gasteiger charge is -2.19. The number of carbonyl (C=O) groups is 4. The van der Waals surface area contributed by atoms with Gasteiger partial charge < -0.3 is 18.9 Å². The summed E-state index contributed by atoms with van der Waals surface area (Å²) in [7, 11) is 0. The minimum absolute atomic E-state index is 0.216. The number of carbonyl (C=O) groups excluding carboxylic acids is 4. The summed E-state index contributed by atoms with van der Waals surface area (Å²) in [4.78, 5) is 53.7. The standard InChI is InChI=1S/C36H42O8/c1-5-9-17-41-33(37)27-21-28(34(38)42-18-10-6-2)24-15-16-26-30(36(40)44-20-12-8-4)22-29(35(39)43-19-11-7-3)25-14-13-23(27)31(24)32(25)26/h13-16,21-22H,5-12,17-20H2,1-4H3. The summed E-state index contributed by atoms with van der Waals surface area (Å²) >= 11 is 0. The molecule has 0 amide bonds. The van der Waals surface area contributed by atoms with E-state index < -0.39 is 23.9 Å². The van der Waals surface area contributed by atoms with Crippen LogP contribution in [0.2, 0.25) is 0 Å².